The molecule has 0 bridgehead atoms. The minimum Gasteiger partial charge on any atom is -0.387 e. The van der Waals surface area contributed by atoms with Gasteiger partial charge in [0, 0.05) is 17.6 Å². The first-order valence-corrected chi connectivity index (χ1v) is 6.61. The normalized spacial score (nSPS) is 14.3. The Labute approximate surface area is 120 Å². The smallest absolute Gasteiger partial charge is 0.254 e. The highest BCUT2D eigenvalue weighted by molar-refractivity contribution is 9.10. The molecule has 1 unspecified atom stereocenters. The van der Waals surface area contributed by atoms with E-state index in [2.05, 4.69) is 21.2 Å². The van der Waals surface area contributed by atoms with Crippen LogP contribution < -0.4 is 5.32 Å². The third-order valence-corrected chi connectivity index (χ3v) is 2.96. The standard InChI is InChI=1S/C13H18BrFN2O2/c1-13(19,8-17(2)3)7-16-12(18)10-5-4-9(14)6-11(10)15/h4-6,19H,7-8H2,1-3H3,(H,16,18). The number of carbonyl (C=O) groups is 1. The van der Waals surface area contributed by atoms with Crippen LogP contribution in [0.25, 0.3) is 0 Å². The van der Waals surface area contributed by atoms with E-state index in [0.717, 1.165) is 0 Å². The number of hydrogen-bond acceptors (Lipinski definition) is 3. The van der Waals surface area contributed by atoms with Crippen molar-refractivity contribution in [1.29, 1.82) is 0 Å². The first kappa shape index (κ1) is 16.1. The van der Waals surface area contributed by atoms with E-state index in [9.17, 15) is 14.3 Å². The van der Waals surface area contributed by atoms with Crippen LogP contribution in [-0.2, 0) is 0 Å². The van der Waals surface area contributed by atoms with Crippen LogP contribution in [-0.4, -0.2) is 48.7 Å². The van der Waals surface area contributed by atoms with E-state index in [1.807, 2.05) is 19.0 Å². The van der Waals surface area contributed by atoms with Crippen LogP contribution in [0.5, 0.6) is 0 Å². The number of benzene rings is 1. The second kappa shape index (κ2) is 6.45. The average molecular weight is 333 g/mol. The van der Waals surface area contributed by atoms with Gasteiger partial charge in [-0.15, -0.1) is 0 Å². The lowest BCUT2D eigenvalue weighted by Gasteiger charge is -2.27. The minimum absolute atomic E-state index is 0.0381. The molecule has 0 radical (unpaired) electrons. The summed E-state index contributed by atoms with van der Waals surface area (Å²) in [7, 11) is 3.65. The Morgan fingerprint density at radius 1 is 1.53 bits per heavy atom. The van der Waals surface area contributed by atoms with E-state index in [-0.39, 0.29) is 12.1 Å². The lowest BCUT2D eigenvalue weighted by Crippen LogP contribution is -2.47. The molecule has 0 aliphatic heterocycles. The summed E-state index contributed by atoms with van der Waals surface area (Å²) in [4.78, 5) is 13.6. The van der Waals surface area contributed by atoms with Crippen molar-refractivity contribution in [3.63, 3.8) is 0 Å². The SMILES string of the molecule is CN(C)CC(C)(O)CNC(=O)c1ccc(Br)cc1F. The molecule has 1 aromatic rings. The fourth-order valence-electron chi connectivity index (χ4n) is 1.78. The summed E-state index contributed by atoms with van der Waals surface area (Å²) in [5, 5.41) is 12.6. The first-order valence-electron chi connectivity index (χ1n) is 5.82. The molecule has 4 nitrogen and oxygen atoms in total. The van der Waals surface area contributed by atoms with Crippen LogP contribution in [0.4, 0.5) is 4.39 Å². The summed E-state index contributed by atoms with van der Waals surface area (Å²) in [6.07, 6.45) is 0. The van der Waals surface area contributed by atoms with E-state index in [1.165, 1.54) is 12.1 Å². The van der Waals surface area contributed by atoms with Crippen molar-refractivity contribution in [2.75, 3.05) is 27.2 Å². The molecular weight excluding hydrogens is 315 g/mol. The molecule has 2 N–H and O–H groups in total. The van der Waals surface area contributed by atoms with Gasteiger partial charge in [0.15, 0.2) is 0 Å². The Morgan fingerprint density at radius 3 is 2.68 bits per heavy atom. The number of hydrogen-bond donors (Lipinski definition) is 2. The topological polar surface area (TPSA) is 52.6 Å². The van der Waals surface area contributed by atoms with E-state index >= 15 is 0 Å². The third kappa shape index (κ3) is 5.26. The quantitative estimate of drug-likeness (QED) is 0.861. The zero-order valence-electron chi connectivity index (χ0n) is 11.2. The molecule has 0 saturated heterocycles. The third-order valence-electron chi connectivity index (χ3n) is 2.46. The van der Waals surface area contributed by atoms with Crippen molar-refractivity contribution in [2.24, 2.45) is 0 Å². The van der Waals surface area contributed by atoms with Gasteiger partial charge in [-0.05, 0) is 39.2 Å². The van der Waals surface area contributed by atoms with Crippen molar-refractivity contribution in [3.8, 4) is 0 Å². The maximum absolute atomic E-state index is 13.6. The molecule has 0 fully saturated rings. The molecule has 0 heterocycles. The molecule has 19 heavy (non-hydrogen) atoms. The van der Waals surface area contributed by atoms with Gasteiger partial charge in [-0.25, -0.2) is 4.39 Å². The van der Waals surface area contributed by atoms with Crippen LogP contribution >= 0.6 is 15.9 Å². The zero-order valence-corrected chi connectivity index (χ0v) is 12.8. The van der Waals surface area contributed by atoms with Crippen LogP contribution in [0.1, 0.15) is 17.3 Å². The number of rotatable bonds is 5. The van der Waals surface area contributed by atoms with Gasteiger partial charge in [0.25, 0.3) is 5.91 Å². The van der Waals surface area contributed by atoms with Crippen molar-refractivity contribution >= 4 is 21.8 Å². The zero-order chi connectivity index (χ0) is 14.6. The van der Waals surface area contributed by atoms with Crippen molar-refractivity contribution in [1.82, 2.24) is 10.2 Å². The number of carbonyl (C=O) groups excluding carboxylic acids is 1. The minimum atomic E-state index is -1.06. The van der Waals surface area contributed by atoms with Gasteiger partial charge in [-0.2, -0.15) is 0 Å². The summed E-state index contributed by atoms with van der Waals surface area (Å²) < 4.78 is 14.1. The van der Waals surface area contributed by atoms with E-state index in [1.54, 1.807) is 13.0 Å². The second-order valence-electron chi connectivity index (χ2n) is 5.04. The van der Waals surface area contributed by atoms with Gasteiger partial charge in [0.05, 0.1) is 11.2 Å². The Hall–Kier alpha value is -0.980. The van der Waals surface area contributed by atoms with Crippen molar-refractivity contribution in [2.45, 2.75) is 12.5 Å². The maximum Gasteiger partial charge on any atom is 0.254 e. The highest BCUT2D eigenvalue weighted by Gasteiger charge is 2.23. The van der Waals surface area contributed by atoms with E-state index in [0.29, 0.717) is 11.0 Å². The molecule has 0 saturated carbocycles. The van der Waals surface area contributed by atoms with Gasteiger partial charge in [0.2, 0.25) is 0 Å². The van der Waals surface area contributed by atoms with Crippen molar-refractivity contribution < 1.29 is 14.3 Å². The molecule has 0 aliphatic rings. The second-order valence-corrected chi connectivity index (χ2v) is 5.96. The number of likely N-dealkylation sites (N-methyl/N-ethyl adjacent to an activating group) is 1. The summed E-state index contributed by atoms with van der Waals surface area (Å²) >= 11 is 3.13. The summed E-state index contributed by atoms with van der Waals surface area (Å²) in [5.41, 5.74) is -1.10. The Balaban J connectivity index is 2.65. The number of nitrogens with one attached hydrogen (secondary N) is 1. The molecule has 0 spiro atoms. The molecule has 0 aliphatic carbocycles. The molecule has 6 heteroatoms. The van der Waals surface area contributed by atoms with E-state index in [4.69, 9.17) is 0 Å². The Kier molecular flexibility index (Phi) is 5.46. The molecule has 1 rings (SSSR count). The Bertz CT molecular complexity index is 464. The maximum atomic E-state index is 13.6. The molecular formula is C13H18BrFN2O2. The lowest BCUT2D eigenvalue weighted by molar-refractivity contribution is 0.0325. The van der Waals surface area contributed by atoms with Crippen LogP contribution in [0.15, 0.2) is 22.7 Å². The van der Waals surface area contributed by atoms with Gasteiger partial charge in [-0.3, -0.25) is 4.79 Å². The highest BCUT2D eigenvalue weighted by Crippen LogP contribution is 2.15. The highest BCUT2D eigenvalue weighted by atomic mass is 79.9. The molecule has 1 amide bonds. The van der Waals surface area contributed by atoms with Crippen LogP contribution in [0.2, 0.25) is 0 Å². The largest absolute Gasteiger partial charge is 0.387 e. The van der Waals surface area contributed by atoms with E-state index < -0.39 is 17.3 Å². The average Bonchev–Trinajstić information content (AvgIpc) is 2.24. The predicted molar refractivity (Wildman–Crippen MR) is 75.6 cm³/mol. The fourth-order valence-corrected chi connectivity index (χ4v) is 2.11. The van der Waals surface area contributed by atoms with Crippen LogP contribution in [0.3, 0.4) is 0 Å². The molecule has 0 aromatic heterocycles. The molecule has 1 aromatic carbocycles. The van der Waals surface area contributed by atoms with Crippen molar-refractivity contribution in [3.05, 3.63) is 34.1 Å². The van der Waals surface area contributed by atoms with Gasteiger partial charge in [0.1, 0.15) is 5.82 Å². The van der Waals surface area contributed by atoms with Gasteiger partial charge in [-0.1, -0.05) is 15.9 Å². The summed E-state index contributed by atoms with van der Waals surface area (Å²) in [6, 6.07) is 4.22. The summed E-state index contributed by atoms with van der Waals surface area (Å²) in [6.45, 7) is 2.07. The predicted octanol–water partition coefficient (Wildman–Crippen LogP) is 1.63. The van der Waals surface area contributed by atoms with Gasteiger partial charge >= 0.3 is 0 Å². The first-order chi connectivity index (χ1) is 8.71. The number of amides is 1. The number of halogens is 2. The van der Waals surface area contributed by atoms with Gasteiger partial charge < -0.3 is 15.3 Å². The fraction of sp³-hybridized carbons (Fsp3) is 0.462. The number of nitrogens with zero attached hydrogens (tertiary/aromatic N) is 1. The lowest BCUT2D eigenvalue weighted by atomic mass is 10.1. The van der Waals surface area contributed by atoms with Crippen LogP contribution in [0, 0.1) is 5.82 Å². The molecule has 106 valence electrons. The summed E-state index contributed by atoms with van der Waals surface area (Å²) in [5.74, 6) is -1.14. The number of aliphatic hydroxyl groups is 1. The Morgan fingerprint density at radius 2 is 2.16 bits per heavy atom. The monoisotopic (exact) mass is 332 g/mol. The molecule has 1 atom stereocenters.